The zero-order valence-corrected chi connectivity index (χ0v) is 23.0. The zero-order valence-electron chi connectivity index (χ0n) is 23.0. The Kier molecular flexibility index (Phi) is 7.33. The zero-order chi connectivity index (χ0) is 29.3. The number of nitrogens with zero attached hydrogens (tertiary/aromatic N) is 5. The Hall–Kier alpha value is -4.78. The average Bonchev–Trinajstić information content (AvgIpc) is 3.70. The van der Waals surface area contributed by atoms with E-state index in [-0.39, 0.29) is 17.4 Å². The fourth-order valence-corrected chi connectivity index (χ4v) is 5.41. The Balaban J connectivity index is 1.26. The Labute approximate surface area is 240 Å². The molecule has 0 bridgehead atoms. The molecule has 2 saturated carbocycles. The van der Waals surface area contributed by atoms with E-state index in [1.807, 2.05) is 24.3 Å². The number of rotatable bonds is 9. The molecule has 2 amide bonds. The van der Waals surface area contributed by atoms with E-state index in [9.17, 15) is 19.1 Å². The molecular formula is C29H31FN8O4. The number of hydrogen-bond donors (Lipinski definition) is 4. The largest absolute Gasteiger partial charge is 0.465 e. The fraction of sp³-hybridized carbons (Fsp3) is 0.345. The predicted molar refractivity (Wildman–Crippen MR) is 154 cm³/mol. The lowest BCUT2D eigenvalue weighted by Crippen LogP contribution is -2.50. The van der Waals surface area contributed by atoms with Gasteiger partial charge in [-0.2, -0.15) is 0 Å². The number of nitrogens with one attached hydrogen (secondary N) is 3. The van der Waals surface area contributed by atoms with E-state index >= 15 is 0 Å². The van der Waals surface area contributed by atoms with Gasteiger partial charge in [0.15, 0.2) is 23.0 Å². The topological polar surface area (TPSA) is 146 Å². The summed E-state index contributed by atoms with van der Waals surface area (Å²) in [4.78, 5) is 34.9. The number of benzene rings is 1. The number of methoxy groups -OCH3 is 1. The number of anilines is 4. The van der Waals surface area contributed by atoms with Gasteiger partial charge in [-0.3, -0.25) is 14.7 Å². The summed E-state index contributed by atoms with van der Waals surface area (Å²) < 4.78 is 21.6. The van der Waals surface area contributed by atoms with E-state index in [1.165, 1.54) is 27.9 Å². The Morgan fingerprint density at radius 1 is 1.10 bits per heavy atom. The number of carbonyl (C=O) groups excluding carboxylic acids is 1. The fourth-order valence-electron chi connectivity index (χ4n) is 5.41. The van der Waals surface area contributed by atoms with E-state index in [0.717, 1.165) is 19.0 Å². The van der Waals surface area contributed by atoms with Gasteiger partial charge in [-0.25, -0.2) is 18.7 Å². The minimum Gasteiger partial charge on any atom is -0.465 e. The third kappa shape index (κ3) is 5.55. The summed E-state index contributed by atoms with van der Waals surface area (Å²) in [7, 11) is 1.61. The van der Waals surface area contributed by atoms with Crippen LogP contribution in [0.3, 0.4) is 0 Å². The maximum absolute atomic E-state index is 14.2. The minimum absolute atomic E-state index is 0.00318. The van der Waals surface area contributed by atoms with Crippen molar-refractivity contribution < 1.29 is 23.8 Å². The molecule has 42 heavy (non-hydrogen) atoms. The molecule has 2 fully saturated rings. The Morgan fingerprint density at radius 3 is 2.52 bits per heavy atom. The number of hydrogen-bond acceptors (Lipinski definition) is 8. The van der Waals surface area contributed by atoms with Crippen LogP contribution in [0.1, 0.15) is 49.0 Å². The van der Waals surface area contributed by atoms with Crippen molar-refractivity contribution in [1.82, 2.24) is 19.6 Å². The molecule has 0 aliphatic heterocycles. The van der Waals surface area contributed by atoms with Crippen LogP contribution < -0.4 is 20.9 Å². The van der Waals surface area contributed by atoms with Crippen LogP contribution in [0.5, 0.6) is 0 Å². The first-order valence-corrected chi connectivity index (χ1v) is 13.8. The summed E-state index contributed by atoms with van der Waals surface area (Å²) in [6.45, 7) is 0. The van der Waals surface area contributed by atoms with Crippen LogP contribution in [-0.2, 0) is 4.74 Å². The van der Waals surface area contributed by atoms with Crippen LogP contribution >= 0.6 is 0 Å². The van der Waals surface area contributed by atoms with Crippen LogP contribution in [0.4, 0.5) is 32.1 Å². The lowest BCUT2D eigenvalue weighted by molar-refractivity contribution is -0.0192. The third-order valence-electron chi connectivity index (χ3n) is 7.77. The van der Waals surface area contributed by atoms with E-state index in [1.54, 1.807) is 19.2 Å². The molecular weight excluding hydrogens is 543 g/mol. The molecule has 218 valence electrons. The summed E-state index contributed by atoms with van der Waals surface area (Å²) in [5.74, 6) is -0.782. The first-order chi connectivity index (χ1) is 20.4. The van der Waals surface area contributed by atoms with Crippen molar-refractivity contribution in [2.45, 2.75) is 56.3 Å². The van der Waals surface area contributed by atoms with Crippen LogP contribution in [-0.4, -0.2) is 61.6 Å². The molecule has 0 unspecified atom stereocenters. The molecule has 1 aromatic carbocycles. The highest BCUT2D eigenvalue weighted by Gasteiger charge is 2.39. The van der Waals surface area contributed by atoms with Crippen LogP contribution in [0, 0.1) is 5.82 Å². The number of ether oxygens (including phenoxy) is 1. The maximum Gasteiger partial charge on any atom is 0.412 e. The molecule has 2 aliphatic carbocycles. The van der Waals surface area contributed by atoms with Gasteiger partial charge in [-0.1, -0.05) is 18.2 Å². The van der Waals surface area contributed by atoms with Gasteiger partial charge in [0.1, 0.15) is 5.72 Å². The van der Waals surface area contributed by atoms with E-state index in [4.69, 9.17) is 4.74 Å². The minimum atomic E-state index is -0.996. The normalized spacial score (nSPS) is 20.2. The number of para-hydroxylation sites is 1. The summed E-state index contributed by atoms with van der Waals surface area (Å²) in [6.07, 6.45) is 7.04. The highest BCUT2D eigenvalue weighted by Crippen LogP contribution is 2.37. The average molecular weight is 575 g/mol. The van der Waals surface area contributed by atoms with Crippen molar-refractivity contribution in [1.29, 1.82) is 0 Å². The lowest BCUT2D eigenvalue weighted by atomic mass is 9.86. The molecule has 2 aliphatic rings. The second kappa shape index (κ2) is 11.2. The summed E-state index contributed by atoms with van der Waals surface area (Å²) >= 11 is 0. The third-order valence-corrected chi connectivity index (χ3v) is 7.77. The van der Waals surface area contributed by atoms with Crippen molar-refractivity contribution in [2.24, 2.45) is 0 Å². The summed E-state index contributed by atoms with van der Waals surface area (Å²) in [5.41, 5.74) is 1.11. The number of halogens is 1. The lowest BCUT2D eigenvalue weighted by Gasteiger charge is -2.42. The van der Waals surface area contributed by atoms with Gasteiger partial charge in [0.2, 0.25) is 0 Å². The number of amides is 2. The first kappa shape index (κ1) is 27.4. The second-order valence-corrected chi connectivity index (χ2v) is 10.6. The molecule has 4 N–H and O–H groups in total. The van der Waals surface area contributed by atoms with Gasteiger partial charge < -0.3 is 25.8 Å². The standard InChI is InChI=1S/C29H31FN8O4/c1-42-29(12-9-20(10-13-29)37(28(40)41)19-5-3-2-4-6-19)35-25-15-23(33-18-7-8-18)26-32-17-24(38(26)36-25)27(39)34-22-11-14-31-16-21(22)30/h2-6,11,14-18,20,33H,7-10,12-13H2,1H3,(H,35,36)(H,40,41)(H,31,34,39). The van der Waals surface area contributed by atoms with Crippen molar-refractivity contribution in [3.63, 3.8) is 0 Å². The van der Waals surface area contributed by atoms with Crippen LogP contribution in [0.25, 0.3) is 5.65 Å². The molecule has 0 radical (unpaired) electrons. The molecule has 4 aromatic rings. The van der Waals surface area contributed by atoms with E-state index in [2.05, 4.69) is 31.0 Å². The summed E-state index contributed by atoms with van der Waals surface area (Å²) in [6, 6.07) is 12.4. The SMILES string of the molecule is COC1(Nc2cc(NC3CC3)c3ncc(C(=O)Nc4ccncc4F)n3n2)CCC(N(C(=O)O)c2ccccc2)CC1. The molecule has 13 heteroatoms. The van der Waals surface area contributed by atoms with Crippen molar-refractivity contribution in [2.75, 3.05) is 28.0 Å². The molecule has 6 rings (SSSR count). The Bertz CT molecular complexity index is 1600. The van der Waals surface area contributed by atoms with Gasteiger partial charge in [0, 0.05) is 37.1 Å². The van der Waals surface area contributed by atoms with Crippen LogP contribution in [0.2, 0.25) is 0 Å². The molecule has 3 heterocycles. The molecule has 12 nitrogen and oxygen atoms in total. The van der Waals surface area contributed by atoms with E-state index in [0.29, 0.717) is 54.6 Å². The molecule has 3 aromatic heterocycles. The van der Waals surface area contributed by atoms with E-state index < -0.39 is 23.5 Å². The number of carbonyl (C=O) groups is 2. The highest BCUT2D eigenvalue weighted by molar-refractivity contribution is 6.03. The van der Waals surface area contributed by atoms with Gasteiger partial charge in [0.05, 0.1) is 23.8 Å². The molecule has 0 atom stereocenters. The van der Waals surface area contributed by atoms with Crippen molar-refractivity contribution in [3.05, 3.63) is 72.6 Å². The number of aromatic nitrogens is 4. The quantitative estimate of drug-likeness (QED) is 0.204. The smallest absolute Gasteiger partial charge is 0.412 e. The van der Waals surface area contributed by atoms with Gasteiger partial charge in [-0.05, 0) is 56.7 Å². The van der Waals surface area contributed by atoms with Gasteiger partial charge in [-0.15, -0.1) is 5.10 Å². The highest BCUT2D eigenvalue weighted by atomic mass is 19.1. The number of pyridine rings is 1. The maximum atomic E-state index is 14.2. The molecule has 0 saturated heterocycles. The second-order valence-electron chi connectivity index (χ2n) is 10.6. The van der Waals surface area contributed by atoms with Crippen LogP contribution in [0.15, 0.2) is 61.1 Å². The summed E-state index contributed by atoms with van der Waals surface area (Å²) in [5, 5.41) is 24.1. The first-order valence-electron chi connectivity index (χ1n) is 13.8. The molecule has 0 spiro atoms. The van der Waals surface area contributed by atoms with Crippen molar-refractivity contribution >= 4 is 40.5 Å². The number of imidazole rings is 1. The van der Waals surface area contributed by atoms with Gasteiger partial charge in [0.25, 0.3) is 5.91 Å². The Morgan fingerprint density at radius 2 is 1.86 bits per heavy atom. The van der Waals surface area contributed by atoms with Crippen molar-refractivity contribution in [3.8, 4) is 0 Å². The number of carboxylic acid groups (broad SMARTS) is 1. The monoisotopic (exact) mass is 574 g/mol. The number of fused-ring (bicyclic) bond motifs is 1. The van der Waals surface area contributed by atoms with Gasteiger partial charge >= 0.3 is 6.09 Å². The predicted octanol–water partition coefficient (Wildman–Crippen LogP) is 4.97.